The summed E-state index contributed by atoms with van der Waals surface area (Å²) in [4.78, 5) is 37.2. The lowest BCUT2D eigenvalue weighted by molar-refractivity contribution is -0.128. The number of benzene rings is 1. The zero-order valence-electron chi connectivity index (χ0n) is 12.2. The van der Waals surface area contributed by atoms with Gasteiger partial charge >= 0.3 is 0 Å². The number of carbonyl (C=O) groups excluding carboxylic acids is 3. The molecule has 0 unspecified atom stereocenters. The number of imide groups is 1. The summed E-state index contributed by atoms with van der Waals surface area (Å²) in [6.45, 7) is 5.77. The molecule has 1 aromatic rings. The topological polar surface area (TPSA) is 66.5 Å². The smallest absolute Gasteiger partial charge is 0.261 e. The van der Waals surface area contributed by atoms with E-state index in [9.17, 15) is 14.4 Å². The molecule has 1 aromatic carbocycles. The van der Waals surface area contributed by atoms with Gasteiger partial charge in [-0.1, -0.05) is 32.4 Å². The van der Waals surface area contributed by atoms with E-state index in [4.69, 9.17) is 11.6 Å². The third-order valence-corrected chi connectivity index (χ3v) is 3.47. The molecule has 5 nitrogen and oxygen atoms in total. The highest BCUT2D eigenvalue weighted by molar-refractivity contribution is 6.32. The first-order valence-corrected chi connectivity index (χ1v) is 7.03. The SMILES string of the molecule is CC(C)(C)C(=O)NCCN1C(=O)c2ccc(Cl)cc2C1=O. The number of carbonyl (C=O) groups is 3. The first kappa shape index (κ1) is 15.5. The number of hydrogen-bond donors (Lipinski definition) is 1. The standard InChI is InChI=1S/C15H17ClN2O3/c1-15(2,3)14(21)17-6-7-18-12(19)10-5-4-9(16)8-11(10)13(18)20/h4-5,8H,6-7H2,1-3H3,(H,17,21). The van der Waals surface area contributed by atoms with E-state index < -0.39 is 5.41 Å². The average Bonchev–Trinajstić information content (AvgIpc) is 2.62. The van der Waals surface area contributed by atoms with Crippen LogP contribution in [0.4, 0.5) is 0 Å². The van der Waals surface area contributed by atoms with Gasteiger partial charge in [0.1, 0.15) is 0 Å². The molecule has 3 amide bonds. The Morgan fingerprint density at radius 3 is 2.43 bits per heavy atom. The lowest BCUT2D eigenvalue weighted by atomic mass is 9.96. The summed E-state index contributed by atoms with van der Waals surface area (Å²) in [6.07, 6.45) is 0. The maximum Gasteiger partial charge on any atom is 0.261 e. The molecule has 6 heteroatoms. The summed E-state index contributed by atoms with van der Waals surface area (Å²) in [7, 11) is 0. The minimum atomic E-state index is -0.504. The van der Waals surface area contributed by atoms with Gasteiger partial charge in [-0.25, -0.2) is 0 Å². The van der Waals surface area contributed by atoms with Crippen molar-refractivity contribution in [2.24, 2.45) is 5.41 Å². The molecule has 0 saturated carbocycles. The highest BCUT2D eigenvalue weighted by Crippen LogP contribution is 2.25. The van der Waals surface area contributed by atoms with Crippen LogP contribution < -0.4 is 5.32 Å². The average molecular weight is 309 g/mol. The molecule has 1 heterocycles. The van der Waals surface area contributed by atoms with E-state index in [1.807, 2.05) is 0 Å². The van der Waals surface area contributed by atoms with Crippen LogP contribution in [0.5, 0.6) is 0 Å². The number of rotatable bonds is 3. The summed E-state index contributed by atoms with van der Waals surface area (Å²) in [6, 6.07) is 4.62. The Bertz CT molecular complexity index is 620. The van der Waals surface area contributed by atoms with Crippen molar-refractivity contribution in [1.82, 2.24) is 10.2 Å². The molecular formula is C15H17ClN2O3. The summed E-state index contributed by atoms with van der Waals surface area (Å²) >= 11 is 5.84. The second-order valence-electron chi connectivity index (χ2n) is 5.96. The predicted molar refractivity (Wildman–Crippen MR) is 79.3 cm³/mol. The van der Waals surface area contributed by atoms with Gasteiger partial charge in [0.2, 0.25) is 5.91 Å². The van der Waals surface area contributed by atoms with Gasteiger partial charge < -0.3 is 5.32 Å². The highest BCUT2D eigenvalue weighted by Gasteiger charge is 2.35. The van der Waals surface area contributed by atoms with E-state index in [2.05, 4.69) is 5.32 Å². The predicted octanol–water partition coefficient (Wildman–Crippen LogP) is 2.10. The normalized spacial score (nSPS) is 14.4. The lowest BCUT2D eigenvalue weighted by Gasteiger charge is -2.19. The van der Waals surface area contributed by atoms with Gasteiger partial charge in [-0.2, -0.15) is 0 Å². The van der Waals surface area contributed by atoms with Crippen LogP contribution in [-0.2, 0) is 4.79 Å². The maximum absolute atomic E-state index is 12.2. The summed E-state index contributed by atoms with van der Waals surface area (Å²) in [5.74, 6) is -0.846. The second-order valence-corrected chi connectivity index (χ2v) is 6.39. The first-order chi connectivity index (χ1) is 9.71. The van der Waals surface area contributed by atoms with Crippen molar-refractivity contribution < 1.29 is 14.4 Å². The number of halogens is 1. The molecule has 0 bridgehead atoms. The fraction of sp³-hybridized carbons (Fsp3) is 0.400. The Morgan fingerprint density at radius 1 is 1.19 bits per heavy atom. The summed E-state index contributed by atoms with van der Waals surface area (Å²) in [5.41, 5.74) is 0.163. The van der Waals surface area contributed by atoms with Gasteiger partial charge in [-0.05, 0) is 18.2 Å². The third-order valence-electron chi connectivity index (χ3n) is 3.23. The van der Waals surface area contributed by atoms with Crippen molar-refractivity contribution in [2.75, 3.05) is 13.1 Å². The minimum absolute atomic E-state index is 0.123. The number of hydrogen-bond acceptors (Lipinski definition) is 3. The van der Waals surface area contributed by atoms with Crippen LogP contribution in [0.25, 0.3) is 0 Å². The van der Waals surface area contributed by atoms with Crippen molar-refractivity contribution >= 4 is 29.3 Å². The van der Waals surface area contributed by atoms with Crippen LogP contribution in [0, 0.1) is 5.41 Å². The van der Waals surface area contributed by atoms with Gasteiger partial charge in [0, 0.05) is 23.5 Å². The van der Waals surface area contributed by atoms with Gasteiger partial charge in [0.15, 0.2) is 0 Å². The molecule has 1 aliphatic heterocycles. The molecule has 0 spiro atoms. The molecule has 0 saturated heterocycles. The number of nitrogens with zero attached hydrogens (tertiary/aromatic N) is 1. The van der Waals surface area contributed by atoms with Crippen molar-refractivity contribution in [2.45, 2.75) is 20.8 Å². The lowest BCUT2D eigenvalue weighted by Crippen LogP contribution is -2.41. The van der Waals surface area contributed by atoms with Crippen LogP contribution in [0.1, 0.15) is 41.5 Å². The van der Waals surface area contributed by atoms with Crippen molar-refractivity contribution in [3.05, 3.63) is 34.3 Å². The molecular weight excluding hydrogens is 292 g/mol. The Kier molecular flexibility index (Phi) is 4.05. The van der Waals surface area contributed by atoms with Crippen molar-refractivity contribution in [3.63, 3.8) is 0 Å². The van der Waals surface area contributed by atoms with Crippen LogP contribution in [-0.4, -0.2) is 35.7 Å². The van der Waals surface area contributed by atoms with E-state index in [0.717, 1.165) is 4.90 Å². The van der Waals surface area contributed by atoms with Gasteiger partial charge in [0.05, 0.1) is 11.1 Å². The number of amides is 3. The molecule has 0 fully saturated rings. The van der Waals surface area contributed by atoms with Crippen LogP contribution in [0.3, 0.4) is 0 Å². The van der Waals surface area contributed by atoms with Gasteiger partial charge in [-0.3, -0.25) is 19.3 Å². The van der Waals surface area contributed by atoms with Crippen molar-refractivity contribution in [1.29, 1.82) is 0 Å². The molecule has 0 aliphatic carbocycles. The largest absolute Gasteiger partial charge is 0.354 e. The third kappa shape index (κ3) is 3.08. The van der Waals surface area contributed by atoms with Crippen LogP contribution >= 0.6 is 11.6 Å². The van der Waals surface area contributed by atoms with Gasteiger partial charge in [-0.15, -0.1) is 0 Å². The quantitative estimate of drug-likeness (QED) is 0.870. The Morgan fingerprint density at radius 2 is 1.81 bits per heavy atom. The Balaban J connectivity index is 2.02. The zero-order valence-corrected chi connectivity index (χ0v) is 13.0. The van der Waals surface area contributed by atoms with E-state index >= 15 is 0 Å². The minimum Gasteiger partial charge on any atom is -0.354 e. The van der Waals surface area contributed by atoms with Crippen LogP contribution in [0.15, 0.2) is 18.2 Å². The fourth-order valence-electron chi connectivity index (χ4n) is 2.01. The van der Waals surface area contributed by atoms with E-state index in [0.29, 0.717) is 16.1 Å². The molecule has 112 valence electrons. The Hall–Kier alpha value is -1.88. The molecule has 1 N–H and O–H groups in total. The maximum atomic E-state index is 12.2. The second kappa shape index (κ2) is 5.48. The summed E-state index contributed by atoms with van der Waals surface area (Å²) in [5, 5.41) is 3.13. The molecule has 0 aromatic heterocycles. The molecule has 21 heavy (non-hydrogen) atoms. The van der Waals surface area contributed by atoms with Gasteiger partial charge in [0.25, 0.3) is 11.8 Å². The molecule has 2 rings (SSSR count). The van der Waals surface area contributed by atoms with E-state index in [1.165, 1.54) is 6.07 Å². The van der Waals surface area contributed by atoms with Crippen molar-refractivity contribution in [3.8, 4) is 0 Å². The number of nitrogens with one attached hydrogen (secondary N) is 1. The monoisotopic (exact) mass is 308 g/mol. The molecule has 0 atom stereocenters. The summed E-state index contributed by atoms with van der Waals surface area (Å²) < 4.78 is 0. The van der Waals surface area contributed by atoms with Crippen LogP contribution in [0.2, 0.25) is 5.02 Å². The molecule has 0 radical (unpaired) electrons. The number of fused-ring (bicyclic) bond motifs is 1. The highest BCUT2D eigenvalue weighted by atomic mass is 35.5. The van der Waals surface area contributed by atoms with E-state index in [1.54, 1.807) is 32.9 Å². The fourth-order valence-corrected chi connectivity index (χ4v) is 2.18. The van der Waals surface area contributed by atoms with E-state index in [-0.39, 0.29) is 30.8 Å². The zero-order chi connectivity index (χ0) is 15.8. The molecule has 1 aliphatic rings. The first-order valence-electron chi connectivity index (χ1n) is 6.66. The Labute approximate surface area is 128 Å².